The molecule has 7 atom stereocenters. The van der Waals surface area contributed by atoms with Crippen molar-refractivity contribution in [1.82, 2.24) is 0 Å². The number of aldehydes is 1. The number of phenolic OH excluding ortho intramolecular Hbond substituents is 2. The summed E-state index contributed by atoms with van der Waals surface area (Å²) in [7, 11) is 4.28. The third-order valence-corrected chi connectivity index (χ3v) is 8.35. The molecule has 14 nitrogen and oxygen atoms in total. The highest BCUT2D eigenvalue weighted by Crippen LogP contribution is 2.52. The Morgan fingerprint density at radius 3 is 2.18 bits per heavy atom. The molecule has 5 N–H and O–H groups in total. The van der Waals surface area contributed by atoms with Crippen molar-refractivity contribution in [3.8, 4) is 34.5 Å². The van der Waals surface area contributed by atoms with Crippen molar-refractivity contribution < 1.29 is 68.3 Å². The van der Waals surface area contributed by atoms with Gasteiger partial charge in [-0.2, -0.15) is 0 Å². The number of rotatable bonds is 13. The van der Waals surface area contributed by atoms with Crippen LogP contribution in [0.25, 0.3) is 12.2 Å². The highest BCUT2D eigenvalue weighted by molar-refractivity contribution is 5.87. The van der Waals surface area contributed by atoms with Gasteiger partial charge in [-0.1, -0.05) is 18.2 Å². The van der Waals surface area contributed by atoms with Gasteiger partial charge in [-0.25, -0.2) is 4.79 Å². The van der Waals surface area contributed by atoms with Crippen LogP contribution < -0.4 is 18.9 Å². The molecule has 266 valence electrons. The Labute approximate surface area is 287 Å². The summed E-state index contributed by atoms with van der Waals surface area (Å²) in [4.78, 5) is 23.5. The van der Waals surface area contributed by atoms with Crippen molar-refractivity contribution in [3.05, 3.63) is 82.9 Å². The predicted molar refractivity (Wildman–Crippen MR) is 176 cm³/mol. The first kappa shape index (κ1) is 36.2. The van der Waals surface area contributed by atoms with Crippen LogP contribution in [0.1, 0.15) is 34.3 Å². The number of fused-ring (bicyclic) bond motifs is 1. The Hall–Kier alpha value is -5.12. The molecule has 0 spiro atoms. The molecule has 5 rings (SSSR count). The molecular weight excluding hydrogens is 656 g/mol. The van der Waals surface area contributed by atoms with Crippen LogP contribution in [-0.4, -0.2) is 103 Å². The third kappa shape index (κ3) is 7.85. The van der Waals surface area contributed by atoms with Crippen molar-refractivity contribution in [2.24, 2.45) is 0 Å². The molecule has 14 heteroatoms. The lowest BCUT2D eigenvalue weighted by atomic mass is 9.90. The summed E-state index contributed by atoms with van der Waals surface area (Å²) >= 11 is 0. The van der Waals surface area contributed by atoms with E-state index in [4.69, 9.17) is 33.2 Å². The number of benzene rings is 3. The van der Waals surface area contributed by atoms with Gasteiger partial charge in [0, 0.05) is 11.6 Å². The van der Waals surface area contributed by atoms with Gasteiger partial charge in [-0.15, -0.1) is 0 Å². The van der Waals surface area contributed by atoms with Crippen LogP contribution in [0.4, 0.5) is 0 Å². The van der Waals surface area contributed by atoms with E-state index in [1.165, 1.54) is 51.7 Å². The van der Waals surface area contributed by atoms with Crippen molar-refractivity contribution >= 4 is 24.4 Å². The van der Waals surface area contributed by atoms with Gasteiger partial charge in [0.2, 0.25) is 0 Å². The minimum atomic E-state index is -1.71. The van der Waals surface area contributed by atoms with Gasteiger partial charge in [0.1, 0.15) is 43.4 Å². The molecule has 2 heterocycles. The molecule has 0 aromatic heterocycles. The minimum Gasteiger partial charge on any atom is -0.504 e. The van der Waals surface area contributed by atoms with Crippen LogP contribution >= 0.6 is 0 Å². The van der Waals surface area contributed by atoms with Crippen LogP contribution in [-0.2, 0) is 23.8 Å². The van der Waals surface area contributed by atoms with E-state index in [1.54, 1.807) is 36.4 Å². The summed E-state index contributed by atoms with van der Waals surface area (Å²) < 4.78 is 39.4. The Morgan fingerprint density at radius 1 is 0.800 bits per heavy atom. The maximum atomic E-state index is 12.5. The van der Waals surface area contributed by atoms with E-state index < -0.39 is 55.3 Å². The summed E-state index contributed by atoms with van der Waals surface area (Å²) in [6.07, 6.45) is -2.32. The van der Waals surface area contributed by atoms with Gasteiger partial charge in [-0.3, -0.25) is 4.79 Å². The average molecular weight is 695 g/mol. The van der Waals surface area contributed by atoms with Crippen molar-refractivity contribution in [2.75, 3.05) is 34.5 Å². The number of hydrogen-bond acceptors (Lipinski definition) is 14. The molecule has 50 heavy (non-hydrogen) atoms. The molecule has 7 unspecified atom stereocenters. The summed E-state index contributed by atoms with van der Waals surface area (Å²) in [5, 5.41) is 52.1. The monoisotopic (exact) mass is 694 g/mol. The topological polar surface area (TPSA) is 200 Å². The predicted octanol–water partition coefficient (Wildman–Crippen LogP) is 2.63. The lowest BCUT2D eigenvalue weighted by Gasteiger charge is -2.40. The number of ether oxygens (including phenoxy) is 7. The highest BCUT2D eigenvalue weighted by atomic mass is 16.7. The zero-order chi connectivity index (χ0) is 35.9. The van der Waals surface area contributed by atoms with Crippen molar-refractivity contribution in [3.63, 3.8) is 0 Å². The smallest absolute Gasteiger partial charge is 0.330 e. The number of aliphatic hydroxyl groups excluding tert-OH is 3. The van der Waals surface area contributed by atoms with E-state index >= 15 is 0 Å². The van der Waals surface area contributed by atoms with E-state index in [9.17, 15) is 35.1 Å². The first-order valence-corrected chi connectivity index (χ1v) is 15.5. The lowest BCUT2D eigenvalue weighted by Crippen LogP contribution is -2.59. The van der Waals surface area contributed by atoms with Crippen molar-refractivity contribution in [2.45, 2.75) is 42.7 Å². The second-order valence-electron chi connectivity index (χ2n) is 11.5. The molecule has 0 bridgehead atoms. The third-order valence-electron chi connectivity index (χ3n) is 8.35. The fraction of sp³-hybridized carbons (Fsp3) is 0.333. The van der Waals surface area contributed by atoms with Crippen LogP contribution in [0.3, 0.4) is 0 Å². The normalized spacial score (nSPS) is 24.5. The van der Waals surface area contributed by atoms with Gasteiger partial charge in [0.25, 0.3) is 0 Å². The number of allylic oxidation sites excluding steroid dienone is 1. The number of aliphatic hydroxyl groups is 3. The number of methoxy groups -OCH3 is 3. The van der Waals surface area contributed by atoms with E-state index in [-0.39, 0.29) is 29.6 Å². The van der Waals surface area contributed by atoms with Gasteiger partial charge in [0.15, 0.2) is 40.8 Å². The molecule has 2 aliphatic heterocycles. The molecule has 3 aromatic carbocycles. The highest BCUT2D eigenvalue weighted by Gasteiger charge is 2.46. The second kappa shape index (κ2) is 16.1. The quantitative estimate of drug-likeness (QED) is 0.0994. The number of aromatic hydroxyl groups is 2. The number of phenols is 2. The molecule has 0 amide bonds. The number of carbonyl (C=O) groups excluding carboxylic acids is 2. The van der Waals surface area contributed by atoms with Crippen LogP contribution in [0, 0.1) is 0 Å². The molecule has 1 saturated heterocycles. The molecule has 1 fully saturated rings. The molecule has 0 saturated carbocycles. The van der Waals surface area contributed by atoms with E-state index in [2.05, 4.69) is 0 Å². The Balaban J connectivity index is 1.34. The minimum absolute atomic E-state index is 0.0647. The summed E-state index contributed by atoms with van der Waals surface area (Å²) in [5.41, 5.74) is 2.43. The molecular formula is C36H38O14. The summed E-state index contributed by atoms with van der Waals surface area (Å²) in [6.45, 7) is -0.636. The first-order chi connectivity index (χ1) is 24.1. The number of carbonyl (C=O) groups is 2. The SMILES string of the molecule is COc1cc(C=CC(=O)OCC2OC(OCC3c4cc(C=CC=O)cc(OC)c4OC3c3ccc(O)c(OC)c3)C(O)C(O)C2O)ccc1O. The molecule has 0 radical (unpaired) electrons. The zero-order valence-corrected chi connectivity index (χ0v) is 27.4. The first-order valence-electron chi connectivity index (χ1n) is 15.5. The van der Waals surface area contributed by atoms with Crippen LogP contribution in [0.5, 0.6) is 34.5 Å². The van der Waals surface area contributed by atoms with E-state index in [0.717, 1.165) is 6.08 Å². The summed E-state index contributed by atoms with van der Waals surface area (Å²) in [5.74, 6) is -0.290. The summed E-state index contributed by atoms with van der Waals surface area (Å²) in [6, 6.07) is 12.7. The zero-order valence-electron chi connectivity index (χ0n) is 27.4. The number of hydrogen-bond donors (Lipinski definition) is 5. The maximum absolute atomic E-state index is 12.5. The molecule has 3 aromatic rings. The Bertz CT molecular complexity index is 1740. The second-order valence-corrected chi connectivity index (χ2v) is 11.5. The Morgan fingerprint density at radius 2 is 1.48 bits per heavy atom. The van der Waals surface area contributed by atoms with Crippen LogP contribution in [0.2, 0.25) is 0 Å². The maximum Gasteiger partial charge on any atom is 0.330 e. The molecule has 2 aliphatic rings. The standard InChI is InChI=1S/C36H38O14/c1-44-26-14-19(6-9-24(26)38)7-11-30(40)47-18-29-31(41)32(42)33(43)36(49-29)48-17-23-22-13-20(5-4-12-37)15-28(46-3)35(22)50-34(23)21-8-10-25(39)27(16-21)45-2/h4-16,23,29,31-34,36,38-39,41-43H,17-18H2,1-3H3. The Kier molecular flexibility index (Phi) is 11.6. The fourth-order valence-corrected chi connectivity index (χ4v) is 5.73. The van der Waals surface area contributed by atoms with Gasteiger partial charge >= 0.3 is 5.97 Å². The van der Waals surface area contributed by atoms with Gasteiger partial charge < -0.3 is 58.7 Å². The average Bonchev–Trinajstić information content (AvgIpc) is 3.49. The van der Waals surface area contributed by atoms with E-state index in [1.807, 2.05) is 0 Å². The van der Waals surface area contributed by atoms with Crippen molar-refractivity contribution in [1.29, 1.82) is 0 Å². The van der Waals surface area contributed by atoms with E-state index in [0.29, 0.717) is 40.0 Å². The van der Waals surface area contributed by atoms with Crippen LogP contribution in [0.15, 0.2) is 60.7 Å². The van der Waals surface area contributed by atoms with Gasteiger partial charge in [0.05, 0.1) is 33.9 Å². The fourth-order valence-electron chi connectivity index (χ4n) is 5.73. The molecule has 0 aliphatic carbocycles. The number of esters is 1. The lowest BCUT2D eigenvalue weighted by molar-refractivity contribution is -0.302. The van der Waals surface area contributed by atoms with Gasteiger partial charge in [-0.05, 0) is 65.2 Å². The largest absolute Gasteiger partial charge is 0.504 e.